The number of hydrogen-bond donors (Lipinski definition) is 2. The van der Waals surface area contributed by atoms with E-state index in [4.69, 9.17) is 0 Å². The van der Waals surface area contributed by atoms with Gasteiger partial charge in [0.2, 0.25) is 5.91 Å². The van der Waals surface area contributed by atoms with Crippen molar-refractivity contribution in [2.24, 2.45) is 5.92 Å². The molecule has 18 heavy (non-hydrogen) atoms. The van der Waals surface area contributed by atoms with Gasteiger partial charge in [0, 0.05) is 37.2 Å². The fourth-order valence-corrected chi connectivity index (χ4v) is 1.65. The number of rotatable bonds is 6. The van der Waals surface area contributed by atoms with E-state index >= 15 is 0 Å². The summed E-state index contributed by atoms with van der Waals surface area (Å²) in [6, 6.07) is 3.52. The van der Waals surface area contributed by atoms with Crippen LogP contribution < -0.4 is 10.6 Å². The zero-order chi connectivity index (χ0) is 13.0. The molecule has 0 aromatic heterocycles. The van der Waals surface area contributed by atoms with E-state index in [9.17, 15) is 13.6 Å². The number of amides is 1. The number of carbonyl (C=O) groups is 1. The molecule has 1 aromatic rings. The third-order valence-corrected chi connectivity index (χ3v) is 2.88. The zero-order valence-corrected chi connectivity index (χ0v) is 10.0. The van der Waals surface area contributed by atoms with Gasteiger partial charge in [0.05, 0.1) is 0 Å². The Morgan fingerprint density at radius 2 is 2.06 bits per heavy atom. The number of carbonyl (C=O) groups excluding carboxylic acids is 1. The van der Waals surface area contributed by atoms with E-state index in [1.165, 1.54) is 12.1 Å². The van der Waals surface area contributed by atoms with Crippen molar-refractivity contribution in [2.75, 3.05) is 13.1 Å². The molecule has 1 aromatic carbocycles. The van der Waals surface area contributed by atoms with Crippen molar-refractivity contribution < 1.29 is 13.6 Å². The molecule has 1 aliphatic rings. The first-order valence-corrected chi connectivity index (χ1v) is 6.09. The second kappa shape index (κ2) is 5.91. The lowest BCUT2D eigenvalue weighted by Crippen LogP contribution is -2.32. The first-order valence-electron chi connectivity index (χ1n) is 6.09. The molecule has 1 fully saturated rings. The summed E-state index contributed by atoms with van der Waals surface area (Å²) in [6.07, 6.45) is 1.97. The molecule has 1 aliphatic carbocycles. The fraction of sp³-hybridized carbons (Fsp3) is 0.462. The molecule has 0 atom stereocenters. The molecule has 2 N–H and O–H groups in total. The molecule has 0 radical (unpaired) electrons. The third kappa shape index (κ3) is 3.77. The predicted octanol–water partition coefficient (Wildman–Crippen LogP) is 1.58. The number of nitrogens with one attached hydrogen (secondary N) is 2. The summed E-state index contributed by atoms with van der Waals surface area (Å²) in [5.41, 5.74) is 0.421. The summed E-state index contributed by atoms with van der Waals surface area (Å²) in [6.45, 7) is 1.42. The van der Waals surface area contributed by atoms with Crippen LogP contribution in [0.25, 0.3) is 0 Å². The van der Waals surface area contributed by atoms with Crippen molar-refractivity contribution in [2.45, 2.75) is 19.4 Å². The lowest BCUT2D eigenvalue weighted by atomic mass is 10.2. The largest absolute Gasteiger partial charge is 0.355 e. The summed E-state index contributed by atoms with van der Waals surface area (Å²) in [5.74, 6) is -0.818. The third-order valence-electron chi connectivity index (χ3n) is 2.88. The summed E-state index contributed by atoms with van der Waals surface area (Å²) < 4.78 is 25.9. The summed E-state index contributed by atoms with van der Waals surface area (Å²) >= 11 is 0. The molecule has 0 bridgehead atoms. The molecule has 1 amide bonds. The van der Waals surface area contributed by atoms with E-state index < -0.39 is 11.6 Å². The molecular weight excluding hydrogens is 238 g/mol. The van der Waals surface area contributed by atoms with Crippen LogP contribution in [-0.2, 0) is 11.3 Å². The van der Waals surface area contributed by atoms with Gasteiger partial charge in [-0.15, -0.1) is 0 Å². The average molecular weight is 254 g/mol. The van der Waals surface area contributed by atoms with Crippen LogP contribution in [0.4, 0.5) is 8.78 Å². The summed E-state index contributed by atoms with van der Waals surface area (Å²) in [5, 5.41) is 5.80. The van der Waals surface area contributed by atoms with Crippen LogP contribution in [0.5, 0.6) is 0 Å². The molecule has 0 aliphatic heterocycles. The normalized spacial score (nSPS) is 14.6. The molecular formula is C13H16F2N2O. The Kier molecular flexibility index (Phi) is 4.25. The smallest absolute Gasteiger partial charge is 0.223 e. The van der Waals surface area contributed by atoms with Crippen LogP contribution >= 0.6 is 0 Å². The quantitative estimate of drug-likeness (QED) is 0.757. The molecule has 0 unspecified atom stereocenters. The minimum absolute atomic E-state index is 0.102. The molecule has 2 rings (SSSR count). The highest BCUT2D eigenvalue weighted by atomic mass is 19.1. The van der Waals surface area contributed by atoms with Crippen LogP contribution in [0.1, 0.15) is 18.4 Å². The monoisotopic (exact) mass is 254 g/mol. The van der Waals surface area contributed by atoms with E-state index in [-0.39, 0.29) is 11.8 Å². The van der Waals surface area contributed by atoms with Gasteiger partial charge in [-0.2, -0.15) is 0 Å². The van der Waals surface area contributed by atoms with Crippen molar-refractivity contribution in [3.8, 4) is 0 Å². The van der Waals surface area contributed by atoms with E-state index in [1.54, 1.807) is 0 Å². The van der Waals surface area contributed by atoms with E-state index in [1.807, 2.05) is 0 Å². The standard InChI is InChI=1S/C13H16F2N2O/c14-11-4-3-10(12(15)7-11)8-16-5-6-17-13(18)9-1-2-9/h3-4,7,9,16H,1-2,5-6,8H2,(H,17,18). The van der Waals surface area contributed by atoms with E-state index in [2.05, 4.69) is 10.6 Å². The minimum atomic E-state index is -0.576. The van der Waals surface area contributed by atoms with Gasteiger partial charge < -0.3 is 10.6 Å². The predicted molar refractivity (Wildman–Crippen MR) is 63.8 cm³/mol. The Bertz CT molecular complexity index is 433. The van der Waals surface area contributed by atoms with Crippen molar-refractivity contribution >= 4 is 5.91 Å². The van der Waals surface area contributed by atoms with Crippen LogP contribution in [0.15, 0.2) is 18.2 Å². The van der Waals surface area contributed by atoms with Crippen molar-refractivity contribution in [1.82, 2.24) is 10.6 Å². The molecule has 0 saturated heterocycles. The Hall–Kier alpha value is -1.49. The maximum Gasteiger partial charge on any atom is 0.223 e. The second-order valence-corrected chi connectivity index (χ2v) is 4.48. The second-order valence-electron chi connectivity index (χ2n) is 4.48. The van der Waals surface area contributed by atoms with Gasteiger partial charge in [0.1, 0.15) is 11.6 Å². The fourth-order valence-electron chi connectivity index (χ4n) is 1.65. The molecule has 5 heteroatoms. The lowest BCUT2D eigenvalue weighted by molar-refractivity contribution is -0.122. The highest BCUT2D eigenvalue weighted by Gasteiger charge is 2.28. The number of benzene rings is 1. The topological polar surface area (TPSA) is 41.1 Å². The number of halogens is 2. The number of hydrogen-bond acceptors (Lipinski definition) is 2. The first kappa shape index (κ1) is 13.0. The average Bonchev–Trinajstić information content (AvgIpc) is 3.15. The van der Waals surface area contributed by atoms with Gasteiger partial charge in [0.25, 0.3) is 0 Å². The molecule has 0 heterocycles. The highest BCUT2D eigenvalue weighted by molar-refractivity contribution is 5.80. The van der Waals surface area contributed by atoms with Crippen LogP contribution in [0, 0.1) is 17.6 Å². The first-order chi connectivity index (χ1) is 8.66. The van der Waals surface area contributed by atoms with Gasteiger partial charge >= 0.3 is 0 Å². The molecule has 98 valence electrons. The highest BCUT2D eigenvalue weighted by Crippen LogP contribution is 2.28. The van der Waals surface area contributed by atoms with Crippen LogP contribution in [0.2, 0.25) is 0 Å². The Morgan fingerprint density at radius 1 is 1.28 bits per heavy atom. The molecule has 1 saturated carbocycles. The van der Waals surface area contributed by atoms with Gasteiger partial charge in [-0.3, -0.25) is 4.79 Å². The van der Waals surface area contributed by atoms with Gasteiger partial charge in [-0.05, 0) is 18.9 Å². The zero-order valence-electron chi connectivity index (χ0n) is 10.0. The maximum absolute atomic E-state index is 13.3. The summed E-state index contributed by atoms with van der Waals surface area (Å²) in [7, 11) is 0. The minimum Gasteiger partial charge on any atom is -0.355 e. The maximum atomic E-state index is 13.3. The Morgan fingerprint density at radius 3 is 2.72 bits per heavy atom. The Labute approximate surface area is 105 Å². The molecule has 3 nitrogen and oxygen atoms in total. The van der Waals surface area contributed by atoms with Gasteiger partial charge in [-0.25, -0.2) is 8.78 Å². The van der Waals surface area contributed by atoms with Crippen molar-refractivity contribution in [3.05, 3.63) is 35.4 Å². The van der Waals surface area contributed by atoms with Crippen molar-refractivity contribution in [1.29, 1.82) is 0 Å². The SMILES string of the molecule is O=C(NCCNCc1ccc(F)cc1F)C1CC1. The van der Waals surface area contributed by atoms with Crippen LogP contribution in [0.3, 0.4) is 0 Å². The van der Waals surface area contributed by atoms with Gasteiger partial charge in [0.15, 0.2) is 0 Å². The Balaban J connectivity index is 1.63. The summed E-state index contributed by atoms with van der Waals surface area (Å²) in [4.78, 5) is 11.3. The van der Waals surface area contributed by atoms with E-state index in [0.717, 1.165) is 18.9 Å². The lowest BCUT2D eigenvalue weighted by Gasteiger charge is -2.07. The van der Waals surface area contributed by atoms with Crippen molar-refractivity contribution in [3.63, 3.8) is 0 Å². The molecule has 0 spiro atoms. The van der Waals surface area contributed by atoms with Crippen LogP contribution in [-0.4, -0.2) is 19.0 Å². The van der Waals surface area contributed by atoms with E-state index in [0.29, 0.717) is 25.2 Å². The van der Waals surface area contributed by atoms with Gasteiger partial charge in [-0.1, -0.05) is 6.07 Å².